The van der Waals surface area contributed by atoms with Crippen molar-refractivity contribution in [2.75, 3.05) is 0 Å². The second-order valence-electron chi connectivity index (χ2n) is 6.51. The lowest BCUT2D eigenvalue weighted by Gasteiger charge is -2.24. The maximum atomic E-state index is 2.47. The van der Waals surface area contributed by atoms with Gasteiger partial charge in [0.1, 0.15) is 0 Å². The van der Waals surface area contributed by atoms with Gasteiger partial charge in [-0.3, -0.25) is 0 Å². The predicted molar refractivity (Wildman–Crippen MR) is 67.5 cm³/mol. The fourth-order valence-electron chi connectivity index (χ4n) is 2.14. The van der Waals surface area contributed by atoms with E-state index in [4.69, 9.17) is 0 Å². The molecule has 0 aromatic carbocycles. The monoisotopic (exact) mass is 208 g/mol. The number of hydrogen-bond acceptors (Lipinski definition) is 0. The zero-order valence-corrected chi connectivity index (χ0v) is 11.2. The van der Waals surface area contributed by atoms with Crippen molar-refractivity contribution in [2.24, 2.45) is 5.41 Å². The molecule has 0 spiro atoms. The van der Waals surface area contributed by atoms with Crippen LogP contribution in [0.4, 0.5) is 0 Å². The first-order chi connectivity index (χ1) is 6.73. The highest BCUT2D eigenvalue weighted by molar-refractivity contribution is 5.85. The van der Waals surface area contributed by atoms with Gasteiger partial charge in [0.05, 0.1) is 0 Å². The van der Waals surface area contributed by atoms with Crippen LogP contribution in [0.15, 0.2) is 12.3 Å². The average Bonchev–Trinajstić information content (AvgIpc) is 2.24. The molecule has 0 radical (unpaired) electrons. The first-order valence-corrected chi connectivity index (χ1v) is 6.05. The van der Waals surface area contributed by atoms with Crippen LogP contribution < -0.4 is 0 Å². The number of nitrogens with zero attached hydrogens (tertiary/aromatic N) is 1. The molecule has 1 aliphatic heterocycles. The molecule has 0 amide bonds. The minimum absolute atomic E-state index is 0.198. The normalized spacial score (nSPS) is 19.3. The van der Waals surface area contributed by atoms with Crippen LogP contribution in [0.5, 0.6) is 0 Å². The van der Waals surface area contributed by atoms with Crippen LogP contribution >= 0.6 is 0 Å². The summed E-state index contributed by atoms with van der Waals surface area (Å²) in [6.07, 6.45) is 8.33. The van der Waals surface area contributed by atoms with Crippen LogP contribution in [-0.2, 0) is 0 Å². The zero-order valence-electron chi connectivity index (χ0n) is 11.2. The lowest BCUT2D eigenvalue weighted by atomic mass is 9.86. The number of allylic oxidation sites excluding steroid dienone is 1. The van der Waals surface area contributed by atoms with E-state index >= 15 is 0 Å². The van der Waals surface area contributed by atoms with Gasteiger partial charge < -0.3 is 0 Å². The minimum Gasteiger partial charge on any atom is -0.202 e. The molecule has 0 saturated heterocycles. The average molecular weight is 208 g/mol. The van der Waals surface area contributed by atoms with Gasteiger partial charge >= 0.3 is 0 Å². The van der Waals surface area contributed by atoms with E-state index in [-0.39, 0.29) is 11.0 Å². The van der Waals surface area contributed by atoms with E-state index in [2.05, 4.69) is 58.4 Å². The van der Waals surface area contributed by atoms with Gasteiger partial charge in [-0.1, -0.05) is 20.8 Å². The lowest BCUT2D eigenvalue weighted by Crippen LogP contribution is -2.39. The molecule has 0 aromatic heterocycles. The standard InChI is InChI=1S/C14H26N/c1-13(2,3)12-10-8-7-9-11-15(12)14(4,5)6/h9,11H,7-8,10H2,1-6H3/q+1. The van der Waals surface area contributed by atoms with E-state index < -0.39 is 0 Å². The van der Waals surface area contributed by atoms with Gasteiger partial charge in [0, 0.05) is 32.6 Å². The molecule has 0 aromatic rings. The van der Waals surface area contributed by atoms with Crippen LogP contribution in [0, 0.1) is 5.41 Å². The molecule has 15 heavy (non-hydrogen) atoms. The van der Waals surface area contributed by atoms with Gasteiger partial charge in [0.25, 0.3) is 0 Å². The molecular formula is C14H26N+. The van der Waals surface area contributed by atoms with Crippen LogP contribution in [0.1, 0.15) is 60.8 Å². The Balaban J connectivity index is 3.22. The van der Waals surface area contributed by atoms with Gasteiger partial charge in [-0.25, -0.2) is 4.58 Å². The SMILES string of the molecule is CC(C)(C)C1=[N+](C(C)(C)C)C=CCCC1. The topological polar surface area (TPSA) is 3.01 Å². The van der Waals surface area contributed by atoms with Crippen LogP contribution in [0.2, 0.25) is 0 Å². The summed E-state index contributed by atoms with van der Waals surface area (Å²) < 4.78 is 2.47. The van der Waals surface area contributed by atoms with Crippen molar-refractivity contribution in [3.05, 3.63) is 12.3 Å². The molecule has 1 heteroatoms. The Hall–Kier alpha value is -0.590. The Kier molecular flexibility index (Phi) is 3.42. The Morgan fingerprint density at radius 1 is 1.07 bits per heavy atom. The van der Waals surface area contributed by atoms with E-state index in [0.29, 0.717) is 0 Å². The second kappa shape index (κ2) is 4.11. The highest BCUT2D eigenvalue weighted by Gasteiger charge is 2.34. The van der Waals surface area contributed by atoms with Gasteiger partial charge in [-0.2, -0.15) is 0 Å². The number of rotatable bonds is 0. The maximum absolute atomic E-state index is 2.47. The molecule has 1 rings (SSSR count). The number of hydrogen-bond donors (Lipinski definition) is 0. The van der Waals surface area contributed by atoms with E-state index in [1.807, 2.05) is 0 Å². The quantitative estimate of drug-likeness (QED) is 0.530. The van der Waals surface area contributed by atoms with E-state index in [9.17, 15) is 0 Å². The molecule has 0 N–H and O–H groups in total. The second-order valence-corrected chi connectivity index (χ2v) is 6.51. The van der Waals surface area contributed by atoms with Crippen molar-refractivity contribution in [3.63, 3.8) is 0 Å². The predicted octanol–water partition coefficient (Wildman–Crippen LogP) is 3.98. The van der Waals surface area contributed by atoms with E-state index in [1.54, 1.807) is 5.71 Å². The fraction of sp³-hybridized carbons (Fsp3) is 0.786. The van der Waals surface area contributed by atoms with Crippen molar-refractivity contribution in [3.8, 4) is 0 Å². The third kappa shape index (κ3) is 3.19. The van der Waals surface area contributed by atoms with Crippen molar-refractivity contribution >= 4 is 5.71 Å². The smallest absolute Gasteiger partial charge is 0.165 e. The molecule has 1 nitrogen and oxygen atoms in total. The zero-order chi connectivity index (χ0) is 11.7. The Labute approximate surface area is 94.9 Å². The Morgan fingerprint density at radius 2 is 1.67 bits per heavy atom. The summed E-state index contributed by atoms with van der Waals surface area (Å²) in [6.45, 7) is 13.8. The molecule has 0 aliphatic carbocycles. The Morgan fingerprint density at radius 3 is 2.13 bits per heavy atom. The van der Waals surface area contributed by atoms with Gasteiger partial charge in [0.15, 0.2) is 17.5 Å². The van der Waals surface area contributed by atoms with Crippen molar-refractivity contribution in [2.45, 2.75) is 66.3 Å². The Bertz CT molecular complexity index is 281. The fourth-order valence-corrected chi connectivity index (χ4v) is 2.14. The minimum atomic E-state index is 0.198. The van der Waals surface area contributed by atoms with Crippen LogP contribution in [0.3, 0.4) is 0 Å². The molecule has 0 unspecified atom stereocenters. The van der Waals surface area contributed by atoms with Crippen molar-refractivity contribution in [1.82, 2.24) is 0 Å². The van der Waals surface area contributed by atoms with E-state index in [0.717, 1.165) is 0 Å². The van der Waals surface area contributed by atoms with Gasteiger partial charge in [0.2, 0.25) is 0 Å². The summed E-state index contributed by atoms with van der Waals surface area (Å²) in [5, 5.41) is 0. The molecule has 0 fully saturated rings. The largest absolute Gasteiger partial charge is 0.202 e. The first kappa shape index (κ1) is 12.5. The summed E-state index contributed by atoms with van der Waals surface area (Å²) in [5.41, 5.74) is 2.05. The molecular weight excluding hydrogens is 182 g/mol. The summed E-state index contributed by atoms with van der Waals surface area (Å²) in [7, 11) is 0. The van der Waals surface area contributed by atoms with Crippen molar-refractivity contribution in [1.29, 1.82) is 0 Å². The third-order valence-electron chi connectivity index (χ3n) is 2.92. The van der Waals surface area contributed by atoms with Crippen LogP contribution in [0.25, 0.3) is 0 Å². The molecule has 86 valence electrons. The lowest BCUT2D eigenvalue weighted by molar-refractivity contribution is -0.538. The third-order valence-corrected chi connectivity index (χ3v) is 2.92. The van der Waals surface area contributed by atoms with E-state index in [1.165, 1.54) is 19.3 Å². The maximum Gasteiger partial charge on any atom is 0.165 e. The first-order valence-electron chi connectivity index (χ1n) is 6.05. The summed E-state index contributed by atoms with van der Waals surface area (Å²) >= 11 is 0. The highest BCUT2D eigenvalue weighted by Crippen LogP contribution is 2.25. The molecule has 0 atom stereocenters. The summed E-state index contributed by atoms with van der Waals surface area (Å²) in [6, 6.07) is 0. The van der Waals surface area contributed by atoms with Gasteiger partial charge in [-0.15, -0.1) is 0 Å². The molecule has 0 bridgehead atoms. The molecule has 1 heterocycles. The summed E-state index contributed by atoms with van der Waals surface area (Å²) in [4.78, 5) is 0. The highest BCUT2D eigenvalue weighted by atomic mass is 15.1. The summed E-state index contributed by atoms with van der Waals surface area (Å²) in [5.74, 6) is 0. The van der Waals surface area contributed by atoms with Crippen molar-refractivity contribution < 1.29 is 4.58 Å². The van der Waals surface area contributed by atoms with Crippen LogP contribution in [-0.4, -0.2) is 15.8 Å². The molecule has 0 saturated carbocycles. The van der Waals surface area contributed by atoms with Gasteiger partial charge in [-0.05, 0) is 18.9 Å². The molecule has 1 aliphatic rings.